The number of hydrogen-bond donors (Lipinski definition) is 2. The Labute approximate surface area is 193 Å². The minimum atomic E-state index is -0.00461. The average molecular weight is 451 g/mol. The highest BCUT2D eigenvalue weighted by molar-refractivity contribution is 5.79. The van der Waals surface area contributed by atoms with E-state index in [0.717, 1.165) is 54.3 Å². The molecule has 1 amide bonds. The van der Waals surface area contributed by atoms with Gasteiger partial charge < -0.3 is 24.4 Å². The van der Waals surface area contributed by atoms with E-state index in [1.54, 1.807) is 21.3 Å². The Balaban J connectivity index is 1.36. The lowest BCUT2D eigenvalue weighted by atomic mass is 10.0. The van der Waals surface area contributed by atoms with Crippen LogP contribution in [-0.4, -0.2) is 56.6 Å². The topological polar surface area (TPSA) is 88.7 Å². The summed E-state index contributed by atoms with van der Waals surface area (Å²) in [6.07, 6.45) is 2.23. The van der Waals surface area contributed by atoms with Gasteiger partial charge in [0, 0.05) is 25.2 Å². The molecule has 8 heteroatoms. The van der Waals surface area contributed by atoms with Crippen LogP contribution in [0.3, 0.4) is 0 Å². The fourth-order valence-corrected chi connectivity index (χ4v) is 4.15. The number of hydrogen-bond acceptors (Lipinski definition) is 6. The summed E-state index contributed by atoms with van der Waals surface area (Å²) in [6, 6.07) is 15.5. The zero-order valence-electron chi connectivity index (χ0n) is 19.3. The van der Waals surface area contributed by atoms with E-state index in [4.69, 9.17) is 14.2 Å². The Bertz CT molecular complexity index is 1080. The summed E-state index contributed by atoms with van der Waals surface area (Å²) in [7, 11) is 4.84. The molecule has 0 spiro atoms. The number of methoxy groups -OCH3 is 3. The largest absolute Gasteiger partial charge is 0.497 e. The van der Waals surface area contributed by atoms with Crippen molar-refractivity contribution in [3.8, 4) is 28.5 Å². The van der Waals surface area contributed by atoms with Crippen LogP contribution >= 0.6 is 0 Å². The molecule has 4 rings (SSSR count). The molecule has 1 aliphatic rings. The average Bonchev–Trinajstić information content (AvgIpc) is 3.34. The van der Waals surface area contributed by atoms with Crippen LogP contribution < -0.4 is 24.4 Å². The van der Waals surface area contributed by atoms with E-state index in [-0.39, 0.29) is 11.9 Å². The molecule has 33 heavy (non-hydrogen) atoms. The standard InChI is InChI=1S/C25H30N4O4/c1-31-20-9-7-18(8-10-20)21-15-24(28-27-21)29-12-4-5-19(16-29)26-25(30)14-17-6-11-22(32-2)23(13-17)33-3/h6-11,13,15,19H,4-5,12,14,16H2,1-3H3,(H,26,30)(H,27,28)/t19-/m1/s1. The van der Waals surface area contributed by atoms with E-state index in [2.05, 4.69) is 26.5 Å². The number of amides is 1. The Morgan fingerprint density at radius 2 is 1.85 bits per heavy atom. The van der Waals surface area contributed by atoms with Crippen LogP contribution in [0.4, 0.5) is 5.82 Å². The highest BCUT2D eigenvalue weighted by Gasteiger charge is 2.23. The fourth-order valence-electron chi connectivity index (χ4n) is 4.15. The summed E-state index contributed by atoms with van der Waals surface area (Å²) in [5.41, 5.74) is 2.88. The number of carbonyl (C=O) groups is 1. The molecule has 174 valence electrons. The molecular formula is C25H30N4O4. The Kier molecular flexibility index (Phi) is 7.02. The second kappa shape index (κ2) is 10.3. The predicted molar refractivity (Wildman–Crippen MR) is 127 cm³/mol. The zero-order valence-corrected chi connectivity index (χ0v) is 19.3. The maximum absolute atomic E-state index is 12.7. The summed E-state index contributed by atoms with van der Waals surface area (Å²) in [5.74, 6) is 2.98. The number of benzene rings is 2. The third-order valence-corrected chi connectivity index (χ3v) is 5.89. The molecular weight excluding hydrogens is 420 g/mol. The van der Waals surface area contributed by atoms with Gasteiger partial charge in [0.05, 0.1) is 33.4 Å². The maximum atomic E-state index is 12.7. The molecule has 0 radical (unpaired) electrons. The van der Waals surface area contributed by atoms with E-state index in [1.807, 2.05) is 42.5 Å². The number of rotatable bonds is 8. The summed E-state index contributed by atoms with van der Waals surface area (Å²) >= 11 is 0. The molecule has 2 aromatic carbocycles. The summed E-state index contributed by atoms with van der Waals surface area (Å²) < 4.78 is 15.8. The predicted octanol–water partition coefficient (Wildman–Crippen LogP) is 3.43. The molecule has 1 aromatic heterocycles. The van der Waals surface area contributed by atoms with Crippen molar-refractivity contribution in [2.24, 2.45) is 0 Å². The van der Waals surface area contributed by atoms with Gasteiger partial charge in [0.15, 0.2) is 17.3 Å². The number of anilines is 1. The lowest BCUT2D eigenvalue weighted by Crippen LogP contribution is -2.48. The molecule has 0 aliphatic carbocycles. The molecule has 3 aromatic rings. The number of ether oxygens (including phenoxy) is 3. The third-order valence-electron chi connectivity index (χ3n) is 5.89. The Morgan fingerprint density at radius 3 is 2.58 bits per heavy atom. The number of H-pyrrole nitrogens is 1. The van der Waals surface area contributed by atoms with Gasteiger partial charge >= 0.3 is 0 Å². The van der Waals surface area contributed by atoms with E-state index in [9.17, 15) is 4.79 Å². The fraction of sp³-hybridized carbons (Fsp3) is 0.360. The van der Waals surface area contributed by atoms with Crippen molar-refractivity contribution < 1.29 is 19.0 Å². The summed E-state index contributed by atoms with van der Waals surface area (Å²) in [6.45, 7) is 1.64. The van der Waals surface area contributed by atoms with Gasteiger partial charge in [-0.25, -0.2) is 0 Å². The lowest BCUT2D eigenvalue weighted by Gasteiger charge is -2.33. The van der Waals surface area contributed by atoms with Gasteiger partial charge in [-0.05, 0) is 60.4 Å². The van der Waals surface area contributed by atoms with Gasteiger partial charge in [0.25, 0.3) is 0 Å². The molecule has 1 atom stereocenters. The van der Waals surface area contributed by atoms with Crippen molar-refractivity contribution in [2.45, 2.75) is 25.3 Å². The van der Waals surface area contributed by atoms with Gasteiger partial charge in [0.2, 0.25) is 5.91 Å². The van der Waals surface area contributed by atoms with Crippen LogP contribution in [0.5, 0.6) is 17.2 Å². The number of aromatic nitrogens is 2. The molecule has 1 saturated heterocycles. The van der Waals surface area contributed by atoms with Crippen LogP contribution in [0.25, 0.3) is 11.3 Å². The quantitative estimate of drug-likeness (QED) is 0.547. The van der Waals surface area contributed by atoms with Crippen LogP contribution in [0.2, 0.25) is 0 Å². The second-order valence-electron chi connectivity index (χ2n) is 8.09. The van der Waals surface area contributed by atoms with E-state index >= 15 is 0 Å². The highest BCUT2D eigenvalue weighted by atomic mass is 16.5. The van der Waals surface area contributed by atoms with Crippen LogP contribution in [0.15, 0.2) is 48.5 Å². The van der Waals surface area contributed by atoms with Crippen molar-refractivity contribution in [2.75, 3.05) is 39.3 Å². The number of aromatic amines is 1. The third kappa shape index (κ3) is 5.39. The normalized spacial score (nSPS) is 15.7. The van der Waals surface area contributed by atoms with Crippen molar-refractivity contribution in [3.63, 3.8) is 0 Å². The van der Waals surface area contributed by atoms with Gasteiger partial charge in [0.1, 0.15) is 5.75 Å². The number of nitrogens with zero attached hydrogens (tertiary/aromatic N) is 2. The van der Waals surface area contributed by atoms with E-state index in [0.29, 0.717) is 17.9 Å². The van der Waals surface area contributed by atoms with Crippen LogP contribution in [-0.2, 0) is 11.2 Å². The van der Waals surface area contributed by atoms with Gasteiger partial charge in [-0.1, -0.05) is 6.07 Å². The van der Waals surface area contributed by atoms with Gasteiger partial charge in [-0.3, -0.25) is 9.89 Å². The summed E-state index contributed by atoms with van der Waals surface area (Å²) in [4.78, 5) is 14.9. The molecule has 1 aliphatic heterocycles. The van der Waals surface area contributed by atoms with E-state index < -0.39 is 0 Å². The minimum Gasteiger partial charge on any atom is -0.497 e. The molecule has 2 N–H and O–H groups in total. The highest BCUT2D eigenvalue weighted by Crippen LogP contribution is 2.28. The molecule has 1 fully saturated rings. The molecule has 8 nitrogen and oxygen atoms in total. The van der Waals surface area contributed by atoms with Crippen LogP contribution in [0.1, 0.15) is 18.4 Å². The Hall–Kier alpha value is -3.68. The number of carbonyl (C=O) groups excluding carboxylic acids is 1. The first-order valence-corrected chi connectivity index (χ1v) is 11.0. The minimum absolute atomic E-state index is 0.00461. The first kappa shape index (κ1) is 22.5. The monoisotopic (exact) mass is 450 g/mol. The Morgan fingerprint density at radius 1 is 1.06 bits per heavy atom. The second-order valence-corrected chi connectivity index (χ2v) is 8.09. The van der Waals surface area contributed by atoms with Gasteiger partial charge in [-0.15, -0.1) is 0 Å². The first-order chi connectivity index (χ1) is 16.1. The van der Waals surface area contributed by atoms with E-state index in [1.165, 1.54) is 0 Å². The van der Waals surface area contributed by atoms with Crippen molar-refractivity contribution in [3.05, 3.63) is 54.1 Å². The molecule has 0 saturated carbocycles. The van der Waals surface area contributed by atoms with Crippen molar-refractivity contribution in [1.82, 2.24) is 15.5 Å². The van der Waals surface area contributed by atoms with Crippen molar-refractivity contribution in [1.29, 1.82) is 0 Å². The molecule has 0 bridgehead atoms. The van der Waals surface area contributed by atoms with Crippen molar-refractivity contribution >= 4 is 11.7 Å². The maximum Gasteiger partial charge on any atom is 0.224 e. The van der Waals surface area contributed by atoms with Crippen LogP contribution in [0, 0.1) is 0 Å². The first-order valence-electron chi connectivity index (χ1n) is 11.0. The number of nitrogens with one attached hydrogen (secondary N) is 2. The lowest BCUT2D eigenvalue weighted by molar-refractivity contribution is -0.121. The molecule has 2 heterocycles. The smallest absolute Gasteiger partial charge is 0.224 e. The number of piperidine rings is 1. The summed E-state index contributed by atoms with van der Waals surface area (Å²) in [5, 5.41) is 10.8. The van der Waals surface area contributed by atoms with Gasteiger partial charge in [-0.2, -0.15) is 5.10 Å². The zero-order chi connectivity index (χ0) is 23.2. The molecule has 0 unspecified atom stereocenters. The SMILES string of the molecule is COc1ccc(-c2cc(N3CCC[C@@H](NC(=O)Cc4ccc(OC)c(OC)c4)C3)n[nH]2)cc1.